The number of benzene rings is 1. The summed E-state index contributed by atoms with van der Waals surface area (Å²) >= 11 is 0. The summed E-state index contributed by atoms with van der Waals surface area (Å²) < 4.78 is 9.58. The topological polar surface area (TPSA) is 142 Å². The van der Waals surface area contributed by atoms with Gasteiger partial charge in [-0.1, -0.05) is 6.08 Å². The van der Waals surface area contributed by atoms with E-state index in [1.165, 1.54) is 23.6 Å². The fourth-order valence-electron chi connectivity index (χ4n) is 5.75. The minimum absolute atomic E-state index is 0.106. The van der Waals surface area contributed by atoms with Crippen LogP contribution in [0.25, 0.3) is 11.2 Å². The second-order valence-corrected chi connectivity index (χ2v) is 10.8. The number of likely N-dealkylation sites (tertiary alicyclic amines) is 2. The number of hydrogen-bond acceptors (Lipinski definition) is 8. The van der Waals surface area contributed by atoms with Crippen molar-refractivity contribution in [1.82, 2.24) is 39.0 Å². The summed E-state index contributed by atoms with van der Waals surface area (Å²) in [6.45, 7) is 3.62. The third-order valence-corrected chi connectivity index (χ3v) is 8.04. The molecule has 2 aliphatic rings. The summed E-state index contributed by atoms with van der Waals surface area (Å²) in [6, 6.07) is 11.3. The van der Waals surface area contributed by atoms with Gasteiger partial charge in [-0.05, 0) is 61.2 Å². The SMILES string of the molecule is Cc1cc(Nc2ncnn3ccc(C4CN(C(=O)C=CC5CCCN5C(=O)O)C4)c23)ccc1Oc1ccn2ncnc2c1. The monoisotopic (exact) mass is 579 g/mol. The Morgan fingerprint density at radius 1 is 1.05 bits per heavy atom. The second kappa shape index (κ2) is 10.7. The van der Waals surface area contributed by atoms with Crippen molar-refractivity contribution in [2.24, 2.45) is 0 Å². The Kier molecular flexibility index (Phi) is 6.61. The molecule has 2 N–H and O–H groups in total. The zero-order valence-electron chi connectivity index (χ0n) is 23.4. The van der Waals surface area contributed by atoms with Gasteiger partial charge in [0.2, 0.25) is 5.91 Å². The van der Waals surface area contributed by atoms with Gasteiger partial charge in [-0.15, -0.1) is 0 Å². The molecule has 4 aromatic heterocycles. The standard InChI is InChI=1S/C30H29N9O4/c1-19-13-21(4-6-25(19)43-23-8-11-38-26(14-23)31-17-33-38)35-29-28-24(9-12-39(28)34-18-32-29)20-15-36(16-20)27(40)7-5-22-3-2-10-37(22)30(41)42/h4-9,11-14,17-18,20,22H,2-3,10,15-16H2,1H3,(H,41,42)(H,32,34,35). The molecule has 0 spiro atoms. The first-order valence-corrected chi connectivity index (χ1v) is 14.1. The van der Waals surface area contributed by atoms with E-state index in [9.17, 15) is 14.7 Å². The van der Waals surface area contributed by atoms with Crippen LogP contribution in [-0.2, 0) is 4.79 Å². The fraction of sp³-hybridized carbons (Fsp3) is 0.267. The van der Waals surface area contributed by atoms with Crippen molar-refractivity contribution in [3.8, 4) is 11.5 Å². The van der Waals surface area contributed by atoms with E-state index in [1.807, 2.05) is 49.5 Å². The van der Waals surface area contributed by atoms with Gasteiger partial charge in [0.05, 0.1) is 6.04 Å². The number of nitrogens with zero attached hydrogens (tertiary/aromatic N) is 8. The minimum Gasteiger partial charge on any atom is -0.465 e. The highest BCUT2D eigenvalue weighted by atomic mass is 16.5. The fourth-order valence-corrected chi connectivity index (χ4v) is 5.75. The number of carboxylic acid groups (broad SMARTS) is 1. The number of amides is 2. The molecule has 6 heterocycles. The third-order valence-electron chi connectivity index (χ3n) is 8.04. The van der Waals surface area contributed by atoms with Crippen molar-refractivity contribution in [1.29, 1.82) is 0 Å². The molecule has 1 aromatic carbocycles. The molecule has 0 saturated carbocycles. The molecule has 43 heavy (non-hydrogen) atoms. The minimum atomic E-state index is -0.947. The maximum absolute atomic E-state index is 12.8. The molecule has 0 bridgehead atoms. The van der Waals surface area contributed by atoms with E-state index in [1.54, 1.807) is 26.2 Å². The maximum Gasteiger partial charge on any atom is 0.407 e. The van der Waals surface area contributed by atoms with Crippen molar-refractivity contribution in [2.45, 2.75) is 31.7 Å². The van der Waals surface area contributed by atoms with Crippen LogP contribution in [0.5, 0.6) is 11.5 Å². The lowest BCUT2D eigenvalue weighted by molar-refractivity contribution is -0.130. The number of aromatic nitrogens is 6. The first-order valence-electron chi connectivity index (χ1n) is 14.1. The summed E-state index contributed by atoms with van der Waals surface area (Å²) in [5, 5.41) is 21.3. The van der Waals surface area contributed by atoms with Crippen LogP contribution in [0.2, 0.25) is 0 Å². The maximum atomic E-state index is 12.8. The van der Waals surface area contributed by atoms with Crippen LogP contribution in [-0.4, -0.2) is 81.8 Å². The highest BCUT2D eigenvalue weighted by Crippen LogP contribution is 2.35. The first kappa shape index (κ1) is 26.4. The molecule has 7 rings (SSSR count). The number of carbonyl (C=O) groups excluding carboxylic acids is 1. The summed E-state index contributed by atoms with van der Waals surface area (Å²) in [5.41, 5.74) is 4.42. The summed E-state index contributed by atoms with van der Waals surface area (Å²) in [5.74, 6) is 2.09. The van der Waals surface area contributed by atoms with Crippen molar-refractivity contribution >= 4 is 34.7 Å². The number of fused-ring (bicyclic) bond motifs is 2. The van der Waals surface area contributed by atoms with Crippen LogP contribution in [0.1, 0.15) is 29.9 Å². The number of hydrogen-bond donors (Lipinski definition) is 2. The smallest absolute Gasteiger partial charge is 0.407 e. The number of anilines is 2. The molecular weight excluding hydrogens is 550 g/mol. The predicted molar refractivity (Wildman–Crippen MR) is 157 cm³/mol. The lowest BCUT2D eigenvalue weighted by atomic mass is 9.92. The average Bonchev–Trinajstić information content (AvgIpc) is 3.73. The molecule has 2 fully saturated rings. The Morgan fingerprint density at radius 3 is 2.70 bits per heavy atom. The molecule has 1 unspecified atom stereocenters. The van der Waals surface area contributed by atoms with Crippen molar-refractivity contribution in [3.05, 3.63) is 84.7 Å². The van der Waals surface area contributed by atoms with Crippen molar-refractivity contribution in [3.63, 3.8) is 0 Å². The van der Waals surface area contributed by atoms with Gasteiger partial charge in [-0.25, -0.2) is 23.8 Å². The van der Waals surface area contributed by atoms with E-state index in [0.717, 1.165) is 40.9 Å². The number of aryl methyl sites for hydroxylation is 1. The van der Waals surface area contributed by atoms with E-state index >= 15 is 0 Å². The Morgan fingerprint density at radius 2 is 1.86 bits per heavy atom. The Balaban J connectivity index is 1.04. The first-order chi connectivity index (χ1) is 20.9. The molecule has 13 nitrogen and oxygen atoms in total. The van der Waals surface area contributed by atoms with Crippen LogP contribution >= 0.6 is 0 Å². The third kappa shape index (κ3) is 5.09. The second-order valence-electron chi connectivity index (χ2n) is 10.8. The number of carbonyl (C=O) groups is 2. The molecule has 1 atom stereocenters. The van der Waals surface area contributed by atoms with E-state index in [2.05, 4.69) is 25.5 Å². The number of nitrogens with one attached hydrogen (secondary N) is 1. The van der Waals surface area contributed by atoms with Crippen LogP contribution < -0.4 is 10.1 Å². The molecule has 0 aliphatic carbocycles. The molecule has 0 radical (unpaired) electrons. The van der Waals surface area contributed by atoms with Crippen molar-refractivity contribution < 1.29 is 19.4 Å². The van der Waals surface area contributed by atoms with Crippen molar-refractivity contribution in [2.75, 3.05) is 25.0 Å². The van der Waals surface area contributed by atoms with Gasteiger partial charge in [-0.3, -0.25) is 4.79 Å². The summed E-state index contributed by atoms with van der Waals surface area (Å²) in [6.07, 6.45) is 10.5. The van der Waals surface area contributed by atoms with Crippen LogP contribution in [0, 0.1) is 6.92 Å². The molecule has 218 valence electrons. The summed E-state index contributed by atoms with van der Waals surface area (Å²) in [4.78, 5) is 36.0. The van der Waals surface area contributed by atoms with Gasteiger partial charge < -0.3 is 25.0 Å². The molecule has 2 amide bonds. The van der Waals surface area contributed by atoms with Gasteiger partial charge in [0.25, 0.3) is 0 Å². The zero-order chi connectivity index (χ0) is 29.5. The van der Waals surface area contributed by atoms with E-state index in [0.29, 0.717) is 36.8 Å². The Labute approximate surface area is 246 Å². The van der Waals surface area contributed by atoms with Crippen LogP contribution in [0.3, 0.4) is 0 Å². The quantitative estimate of drug-likeness (QED) is 0.271. The normalized spacial score (nSPS) is 17.2. The predicted octanol–water partition coefficient (Wildman–Crippen LogP) is 4.24. The van der Waals surface area contributed by atoms with E-state index in [4.69, 9.17) is 4.74 Å². The number of ether oxygens (including phenoxy) is 1. The number of pyridine rings is 1. The van der Waals surface area contributed by atoms with Gasteiger partial charge >= 0.3 is 6.09 Å². The van der Waals surface area contributed by atoms with Gasteiger partial charge in [-0.2, -0.15) is 10.2 Å². The average molecular weight is 580 g/mol. The summed E-state index contributed by atoms with van der Waals surface area (Å²) in [7, 11) is 0. The van der Waals surface area contributed by atoms with Gasteiger partial charge in [0.1, 0.15) is 29.7 Å². The van der Waals surface area contributed by atoms with Crippen LogP contribution in [0.15, 0.2) is 73.6 Å². The highest BCUT2D eigenvalue weighted by Gasteiger charge is 2.34. The molecular formula is C30H29N9O4. The van der Waals surface area contributed by atoms with Crippen LogP contribution in [0.4, 0.5) is 16.3 Å². The lowest BCUT2D eigenvalue weighted by Gasteiger charge is -2.38. The van der Waals surface area contributed by atoms with Gasteiger partial charge in [0.15, 0.2) is 11.5 Å². The zero-order valence-corrected chi connectivity index (χ0v) is 23.4. The highest BCUT2D eigenvalue weighted by molar-refractivity contribution is 5.89. The van der Waals surface area contributed by atoms with E-state index < -0.39 is 6.09 Å². The van der Waals surface area contributed by atoms with E-state index in [-0.39, 0.29) is 17.9 Å². The molecule has 2 aliphatic heterocycles. The number of rotatable bonds is 7. The largest absolute Gasteiger partial charge is 0.465 e. The molecule has 2 saturated heterocycles. The Bertz CT molecular complexity index is 1870. The van der Waals surface area contributed by atoms with Gasteiger partial charge in [0, 0.05) is 55.8 Å². The Hall–Kier alpha value is -5.46. The molecule has 5 aromatic rings. The molecule has 13 heteroatoms. The lowest BCUT2D eigenvalue weighted by Crippen LogP contribution is -2.48.